The summed E-state index contributed by atoms with van der Waals surface area (Å²) in [4.78, 5) is 14.5. The molecule has 0 saturated carbocycles. The molecule has 1 saturated heterocycles. The Morgan fingerprint density at radius 2 is 1.94 bits per heavy atom. The van der Waals surface area contributed by atoms with Crippen LogP contribution >= 0.6 is 0 Å². The molecule has 1 aliphatic rings. The first-order chi connectivity index (χ1) is 8.75. The molecule has 0 N–H and O–H groups in total. The summed E-state index contributed by atoms with van der Waals surface area (Å²) in [5.74, 6) is 0.806. The van der Waals surface area contributed by atoms with Gasteiger partial charge in [-0.1, -0.05) is 43.3 Å². The molecule has 0 unspecified atom stereocenters. The summed E-state index contributed by atoms with van der Waals surface area (Å²) >= 11 is 0. The summed E-state index contributed by atoms with van der Waals surface area (Å²) < 4.78 is 0. The van der Waals surface area contributed by atoms with E-state index in [1.807, 2.05) is 35.2 Å². The van der Waals surface area contributed by atoms with Crippen LogP contribution in [0.4, 0.5) is 0 Å². The van der Waals surface area contributed by atoms with Gasteiger partial charge in [-0.05, 0) is 29.2 Å². The van der Waals surface area contributed by atoms with Crippen molar-refractivity contribution in [1.82, 2.24) is 4.90 Å². The molecule has 0 aromatic heterocycles. The number of hydrogen-bond acceptors (Lipinski definition) is 1. The van der Waals surface area contributed by atoms with Crippen LogP contribution in [-0.2, 0) is 0 Å². The van der Waals surface area contributed by atoms with E-state index < -0.39 is 0 Å². The summed E-state index contributed by atoms with van der Waals surface area (Å²) in [6.07, 6.45) is 1.12. The second kappa shape index (κ2) is 4.45. The van der Waals surface area contributed by atoms with Crippen LogP contribution in [0.2, 0.25) is 0 Å². The highest BCUT2D eigenvalue weighted by molar-refractivity contribution is 6.07. The second-order valence-electron chi connectivity index (χ2n) is 5.17. The smallest absolute Gasteiger partial charge is 0.254 e. The predicted molar refractivity (Wildman–Crippen MR) is 73.6 cm³/mol. The third kappa shape index (κ3) is 1.88. The molecule has 0 bridgehead atoms. The molecular weight excluding hydrogens is 222 g/mol. The van der Waals surface area contributed by atoms with Gasteiger partial charge in [0.2, 0.25) is 0 Å². The lowest BCUT2D eigenvalue weighted by molar-refractivity contribution is 0.0790. The van der Waals surface area contributed by atoms with E-state index in [-0.39, 0.29) is 5.91 Å². The number of fused-ring (bicyclic) bond motifs is 1. The number of benzene rings is 2. The lowest BCUT2D eigenvalue weighted by Gasteiger charge is -2.17. The first kappa shape index (κ1) is 11.3. The zero-order valence-electron chi connectivity index (χ0n) is 10.6. The van der Waals surface area contributed by atoms with Gasteiger partial charge >= 0.3 is 0 Å². The monoisotopic (exact) mass is 239 g/mol. The molecule has 2 nitrogen and oxygen atoms in total. The van der Waals surface area contributed by atoms with E-state index in [9.17, 15) is 4.79 Å². The molecule has 0 spiro atoms. The van der Waals surface area contributed by atoms with E-state index in [1.54, 1.807) is 0 Å². The fourth-order valence-electron chi connectivity index (χ4n) is 2.70. The van der Waals surface area contributed by atoms with E-state index >= 15 is 0 Å². The topological polar surface area (TPSA) is 20.3 Å². The maximum atomic E-state index is 12.5. The van der Waals surface area contributed by atoms with Crippen molar-refractivity contribution in [3.8, 4) is 0 Å². The zero-order chi connectivity index (χ0) is 12.5. The van der Waals surface area contributed by atoms with E-state index in [4.69, 9.17) is 0 Å². The molecule has 2 heteroatoms. The molecule has 1 heterocycles. The van der Waals surface area contributed by atoms with E-state index in [0.717, 1.165) is 35.8 Å². The molecule has 0 aliphatic carbocycles. The third-order valence-corrected chi connectivity index (χ3v) is 3.73. The average molecular weight is 239 g/mol. The molecule has 1 aliphatic heterocycles. The fraction of sp³-hybridized carbons (Fsp3) is 0.312. The maximum absolute atomic E-state index is 12.5. The molecule has 2 aromatic carbocycles. The molecule has 1 fully saturated rings. The highest BCUT2D eigenvalue weighted by Gasteiger charge is 2.24. The summed E-state index contributed by atoms with van der Waals surface area (Å²) in [5.41, 5.74) is 0.835. The number of amides is 1. The largest absolute Gasteiger partial charge is 0.338 e. The molecule has 92 valence electrons. The summed E-state index contributed by atoms with van der Waals surface area (Å²) in [6.45, 7) is 3.99. The van der Waals surface area contributed by atoms with Crippen molar-refractivity contribution in [2.75, 3.05) is 13.1 Å². The lowest BCUT2D eigenvalue weighted by atomic mass is 10.0. The normalized spacial score (nSPS) is 19.4. The number of likely N-dealkylation sites (tertiary alicyclic amines) is 1. The van der Waals surface area contributed by atoms with Crippen LogP contribution in [0.3, 0.4) is 0 Å². The number of nitrogens with zero attached hydrogens (tertiary/aromatic N) is 1. The standard InChI is InChI=1S/C16H17NO/c1-12-9-10-17(11-12)16(18)15-8-4-6-13-5-2-3-7-14(13)15/h2-8,12H,9-11H2,1H3/t12-/m0/s1. The Morgan fingerprint density at radius 3 is 2.72 bits per heavy atom. The highest BCUT2D eigenvalue weighted by atomic mass is 16.2. The number of carbonyl (C=O) groups excluding carboxylic acids is 1. The minimum Gasteiger partial charge on any atom is -0.338 e. The Bertz CT molecular complexity index is 585. The van der Waals surface area contributed by atoms with Gasteiger partial charge in [0.05, 0.1) is 0 Å². The van der Waals surface area contributed by atoms with Crippen LogP contribution in [0.25, 0.3) is 10.8 Å². The molecule has 1 amide bonds. The summed E-state index contributed by atoms with van der Waals surface area (Å²) in [5, 5.41) is 2.19. The minimum absolute atomic E-state index is 0.177. The summed E-state index contributed by atoms with van der Waals surface area (Å²) in [6, 6.07) is 14.0. The maximum Gasteiger partial charge on any atom is 0.254 e. The Labute approximate surface area is 107 Å². The molecule has 18 heavy (non-hydrogen) atoms. The zero-order valence-corrected chi connectivity index (χ0v) is 10.6. The van der Waals surface area contributed by atoms with Gasteiger partial charge in [-0.2, -0.15) is 0 Å². The van der Waals surface area contributed by atoms with E-state index in [1.165, 1.54) is 0 Å². The van der Waals surface area contributed by atoms with Crippen molar-refractivity contribution in [2.45, 2.75) is 13.3 Å². The van der Waals surface area contributed by atoms with Crippen molar-refractivity contribution >= 4 is 16.7 Å². The van der Waals surface area contributed by atoms with Crippen molar-refractivity contribution < 1.29 is 4.79 Å². The van der Waals surface area contributed by atoms with Gasteiger partial charge in [-0.3, -0.25) is 4.79 Å². The second-order valence-corrected chi connectivity index (χ2v) is 5.17. The first-order valence-electron chi connectivity index (χ1n) is 6.53. The number of carbonyl (C=O) groups is 1. The highest BCUT2D eigenvalue weighted by Crippen LogP contribution is 2.23. The van der Waals surface area contributed by atoms with Gasteiger partial charge in [0.15, 0.2) is 0 Å². The molecule has 1 atom stereocenters. The van der Waals surface area contributed by atoms with Crippen molar-refractivity contribution in [3.63, 3.8) is 0 Å². The van der Waals surface area contributed by atoms with Crippen molar-refractivity contribution in [1.29, 1.82) is 0 Å². The van der Waals surface area contributed by atoms with Crippen LogP contribution in [-0.4, -0.2) is 23.9 Å². The van der Waals surface area contributed by atoms with Crippen LogP contribution in [0.5, 0.6) is 0 Å². The SMILES string of the molecule is C[C@H]1CCN(C(=O)c2cccc3ccccc23)C1. The molecule has 3 rings (SSSR count). The Hall–Kier alpha value is -1.83. The quantitative estimate of drug-likeness (QED) is 0.747. The minimum atomic E-state index is 0.177. The van der Waals surface area contributed by atoms with Gasteiger partial charge in [-0.25, -0.2) is 0 Å². The fourth-order valence-corrected chi connectivity index (χ4v) is 2.70. The van der Waals surface area contributed by atoms with Crippen LogP contribution < -0.4 is 0 Å². The van der Waals surface area contributed by atoms with Gasteiger partial charge in [0, 0.05) is 18.7 Å². The lowest BCUT2D eigenvalue weighted by Crippen LogP contribution is -2.28. The average Bonchev–Trinajstić information content (AvgIpc) is 2.84. The molecule has 0 radical (unpaired) electrons. The third-order valence-electron chi connectivity index (χ3n) is 3.73. The van der Waals surface area contributed by atoms with Gasteiger partial charge in [-0.15, -0.1) is 0 Å². The predicted octanol–water partition coefficient (Wildman–Crippen LogP) is 3.32. The Morgan fingerprint density at radius 1 is 1.17 bits per heavy atom. The Kier molecular flexibility index (Phi) is 2.78. The van der Waals surface area contributed by atoms with Crippen molar-refractivity contribution in [2.24, 2.45) is 5.92 Å². The number of rotatable bonds is 1. The molecule has 2 aromatic rings. The first-order valence-corrected chi connectivity index (χ1v) is 6.53. The van der Waals surface area contributed by atoms with Crippen LogP contribution in [0, 0.1) is 5.92 Å². The van der Waals surface area contributed by atoms with Gasteiger partial charge in [0.1, 0.15) is 0 Å². The van der Waals surface area contributed by atoms with Gasteiger partial charge in [0.25, 0.3) is 5.91 Å². The summed E-state index contributed by atoms with van der Waals surface area (Å²) in [7, 11) is 0. The van der Waals surface area contributed by atoms with Crippen molar-refractivity contribution in [3.05, 3.63) is 48.0 Å². The Balaban J connectivity index is 2.01. The van der Waals surface area contributed by atoms with E-state index in [2.05, 4.69) is 19.1 Å². The van der Waals surface area contributed by atoms with Crippen LogP contribution in [0.15, 0.2) is 42.5 Å². The van der Waals surface area contributed by atoms with E-state index in [0.29, 0.717) is 5.92 Å². The van der Waals surface area contributed by atoms with Crippen LogP contribution in [0.1, 0.15) is 23.7 Å². The van der Waals surface area contributed by atoms with Gasteiger partial charge < -0.3 is 4.90 Å². The molecular formula is C16H17NO. The number of hydrogen-bond donors (Lipinski definition) is 0.